The van der Waals surface area contributed by atoms with E-state index in [1.807, 2.05) is 6.92 Å². The number of hydrogen-bond acceptors (Lipinski definition) is 6. The van der Waals surface area contributed by atoms with Crippen molar-refractivity contribution in [1.29, 1.82) is 0 Å². The molecule has 4 rings (SSSR count). The fourth-order valence-electron chi connectivity index (χ4n) is 4.06. The van der Waals surface area contributed by atoms with Crippen molar-refractivity contribution in [2.45, 2.75) is 19.3 Å². The molecular weight excluding hydrogens is 491 g/mol. The Morgan fingerprint density at radius 2 is 1.59 bits per heavy atom. The highest BCUT2D eigenvalue weighted by Crippen LogP contribution is 2.43. The number of aliphatic hydroxyl groups excluding tert-OH is 1. The van der Waals surface area contributed by atoms with Crippen molar-refractivity contribution in [3.63, 3.8) is 0 Å². The number of methoxy groups -OCH3 is 1. The summed E-state index contributed by atoms with van der Waals surface area (Å²) in [6.45, 7) is 2.25. The highest BCUT2D eigenvalue weighted by molar-refractivity contribution is 6.51. The molecule has 0 radical (unpaired) electrons. The van der Waals surface area contributed by atoms with Crippen LogP contribution in [-0.4, -0.2) is 36.9 Å². The minimum atomic E-state index is -4.95. The number of halogens is 3. The second kappa shape index (κ2) is 10.3. The molecule has 0 spiro atoms. The molecule has 3 aromatic rings. The summed E-state index contributed by atoms with van der Waals surface area (Å²) in [5, 5.41) is 11.2. The number of nitrogens with zero attached hydrogens (tertiary/aromatic N) is 1. The second-order valence-corrected chi connectivity index (χ2v) is 7.94. The van der Waals surface area contributed by atoms with Gasteiger partial charge in [-0.1, -0.05) is 18.2 Å². The smallest absolute Gasteiger partial charge is 0.507 e. The van der Waals surface area contributed by atoms with E-state index < -0.39 is 35.6 Å². The van der Waals surface area contributed by atoms with Crippen LogP contribution in [0.2, 0.25) is 0 Å². The molecular formula is C27H22F3NO6. The first kappa shape index (κ1) is 25.6. The van der Waals surface area contributed by atoms with E-state index in [0.717, 1.165) is 17.0 Å². The van der Waals surface area contributed by atoms with Crippen LogP contribution >= 0.6 is 0 Å². The predicted octanol–water partition coefficient (Wildman–Crippen LogP) is 5.62. The molecule has 1 unspecified atom stereocenters. The van der Waals surface area contributed by atoms with Gasteiger partial charge in [0.2, 0.25) is 0 Å². The normalized spacial score (nSPS) is 17.1. The molecule has 1 heterocycles. The van der Waals surface area contributed by atoms with Crippen LogP contribution in [-0.2, 0) is 9.59 Å². The van der Waals surface area contributed by atoms with Gasteiger partial charge in [0.1, 0.15) is 23.0 Å². The third kappa shape index (κ3) is 5.37. The Balaban J connectivity index is 1.86. The van der Waals surface area contributed by atoms with Crippen molar-refractivity contribution < 1.29 is 42.1 Å². The topological polar surface area (TPSA) is 85.3 Å². The number of hydrogen-bond donors (Lipinski definition) is 1. The van der Waals surface area contributed by atoms with E-state index in [0.29, 0.717) is 23.7 Å². The molecule has 0 aliphatic carbocycles. The van der Waals surface area contributed by atoms with Crippen molar-refractivity contribution >= 4 is 23.1 Å². The van der Waals surface area contributed by atoms with Crippen molar-refractivity contribution in [2.24, 2.45) is 0 Å². The van der Waals surface area contributed by atoms with E-state index in [4.69, 9.17) is 9.47 Å². The van der Waals surface area contributed by atoms with Gasteiger partial charge in [-0.3, -0.25) is 14.5 Å². The highest BCUT2D eigenvalue weighted by Gasteiger charge is 2.47. The molecule has 1 aliphatic rings. The van der Waals surface area contributed by atoms with E-state index in [2.05, 4.69) is 4.74 Å². The summed E-state index contributed by atoms with van der Waals surface area (Å²) in [7, 11) is 1.47. The van der Waals surface area contributed by atoms with Gasteiger partial charge in [-0.15, -0.1) is 13.2 Å². The van der Waals surface area contributed by atoms with Crippen LogP contribution in [0.1, 0.15) is 24.1 Å². The molecule has 1 fully saturated rings. The van der Waals surface area contributed by atoms with Crippen LogP contribution in [0.25, 0.3) is 5.76 Å². The Kier molecular flexibility index (Phi) is 7.10. The number of anilines is 1. The average Bonchev–Trinajstić information content (AvgIpc) is 3.13. The Bertz CT molecular complexity index is 1330. The number of ketones is 1. The molecule has 192 valence electrons. The van der Waals surface area contributed by atoms with E-state index in [-0.39, 0.29) is 16.8 Å². The SMILES string of the molecule is CCOc1ccc(/C(O)=C2\C(=O)C(=O)N(c3cccc(OC(F)(F)F)c3)C2c2ccc(OC)cc2)cc1. The monoisotopic (exact) mass is 513 g/mol. The molecule has 3 aromatic carbocycles. The van der Waals surface area contributed by atoms with Gasteiger partial charge in [0, 0.05) is 17.3 Å². The lowest BCUT2D eigenvalue weighted by Crippen LogP contribution is -2.29. The van der Waals surface area contributed by atoms with Gasteiger partial charge in [0.05, 0.1) is 25.3 Å². The Hall–Kier alpha value is -4.47. The maximum absolute atomic E-state index is 13.2. The van der Waals surface area contributed by atoms with Crippen molar-refractivity contribution in [1.82, 2.24) is 0 Å². The lowest BCUT2D eigenvalue weighted by atomic mass is 9.95. The van der Waals surface area contributed by atoms with Crippen LogP contribution in [0, 0.1) is 0 Å². The molecule has 1 saturated heterocycles. The summed E-state index contributed by atoms with van der Waals surface area (Å²) in [5.74, 6) is -1.95. The zero-order chi connectivity index (χ0) is 26.7. The minimum absolute atomic E-state index is 0.0181. The summed E-state index contributed by atoms with van der Waals surface area (Å²) in [5.41, 5.74) is 0.445. The van der Waals surface area contributed by atoms with Gasteiger partial charge in [-0.05, 0) is 61.0 Å². The number of benzene rings is 3. The first-order valence-electron chi connectivity index (χ1n) is 11.2. The fraction of sp³-hybridized carbons (Fsp3) is 0.185. The van der Waals surface area contributed by atoms with Crippen LogP contribution in [0.4, 0.5) is 18.9 Å². The number of amides is 1. The molecule has 1 aliphatic heterocycles. The van der Waals surface area contributed by atoms with Gasteiger partial charge in [-0.25, -0.2) is 0 Å². The number of Topliss-reactive ketones (excluding diaryl/α,β-unsaturated/α-hetero) is 1. The third-order valence-electron chi connectivity index (χ3n) is 5.64. The van der Waals surface area contributed by atoms with E-state index in [1.54, 1.807) is 36.4 Å². The molecule has 1 atom stereocenters. The third-order valence-corrected chi connectivity index (χ3v) is 5.64. The number of rotatable bonds is 7. The van der Waals surface area contributed by atoms with Crippen LogP contribution in [0.5, 0.6) is 17.2 Å². The highest BCUT2D eigenvalue weighted by atomic mass is 19.4. The maximum atomic E-state index is 13.2. The summed E-state index contributed by atoms with van der Waals surface area (Å²) in [6.07, 6.45) is -4.95. The van der Waals surface area contributed by atoms with Gasteiger partial charge in [-0.2, -0.15) is 0 Å². The molecule has 10 heteroatoms. The number of ether oxygens (including phenoxy) is 3. The summed E-state index contributed by atoms with van der Waals surface area (Å²) in [6, 6.07) is 16.3. The van der Waals surface area contributed by atoms with Crippen LogP contribution in [0.15, 0.2) is 78.4 Å². The average molecular weight is 513 g/mol. The second-order valence-electron chi connectivity index (χ2n) is 7.94. The zero-order valence-electron chi connectivity index (χ0n) is 19.8. The number of aliphatic hydroxyl groups is 1. The van der Waals surface area contributed by atoms with Gasteiger partial charge in [0.25, 0.3) is 11.7 Å². The van der Waals surface area contributed by atoms with Gasteiger partial charge < -0.3 is 19.3 Å². The maximum Gasteiger partial charge on any atom is 0.573 e. The van der Waals surface area contributed by atoms with Gasteiger partial charge in [0.15, 0.2) is 0 Å². The van der Waals surface area contributed by atoms with E-state index in [1.165, 1.54) is 31.4 Å². The van der Waals surface area contributed by atoms with Crippen molar-refractivity contribution in [3.05, 3.63) is 89.5 Å². The molecule has 0 saturated carbocycles. The van der Waals surface area contributed by atoms with E-state index in [9.17, 15) is 27.9 Å². The number of carbonyl (C=O) groups is 2. The first-order valence-corrected chi connectivity index (χ1v) is 11.2. The Labute approximate surface area is 210 Å². The predicted molar refractivity (Wildman–Crippen MR) is 129 cm³/mol. The van der Waals surface area contributed by atoms with Gasteiger partial charge >= 0.3 is 6.36 Å². The molecule has 0 aromatic heterocycles. The van der Waals surface area contributed by atoms with Crippen molar-refractivity contribution in [2.75, 3.05) is 18.6 Å². The van der Waals surface area contributed by atoms with Crippen LogP contribution < -0.4 is 19.1 Å². The largest absolute Gasteiger partial charge is 0.573 e. The van der Waals surface area contributed by atoms with Crippen LogP contribution in [0.3, 0.4) is 0 Å². The molecule has 37 heavy (non-hydrogen) atoms. The lowest BCUT2D eigenvalue weighted by Gasteiger charge is -2.26. The lowest BCUT2D eigenvalue weighted by molar-refractivity contribution is -0.274. The zero-order valence-corrected chi connectivity index (χ0v) is 19.8. The quantitative estimate of drug-likeness (QED) is 0.251. The number of carbonyl (C=O) groups excluding carboxylic acids is 2. The minimum Gasteiger partial charge on any atom is -0.507 e. The standard InChI is InChI=1S/C27H22F3NO6/c1-3-36-20-13-9-17(10-14-20)24(32)22-23(16-7-11-19(35-2)12-8-16)31(26(34)25(22)33)18-5-4-6-21(15-18)37-27(28,29)30/h4-15,23,32H,3H2,1-2H3/b24-22+. The summed E-state index contributed by atoms with van der Waals surface area (Å²) < 4.78 is 53.0. The first-order chi connectivity index (χ1) is 17.6. The Morgan fingerprint density at radius 3 is 2.19 bits per heavy atom. The summed E-state index contributed by atoms with van der Waals surface area (Å²) >= 11 is 0. The fourth-order valence-corrected chi connectivity index (χ4v) is 4.06. The number of alkyl halides is 3. The molecule has 0 bridgehead atoms. The molecule has 7 nitrogen and oxygen atoms in total. The van der Waals surface area contributed by atoms with Crippen molar-refractivity contribution in [3.8, 4) is 17.2 Å². The molecule has 1 amide bonds. The summed E-state index contributed by atoms with van der Waals surface area (Å²) in [4.78, 5) is 27.5. The Morgan fingerprint density at radius 1 is 0.946 bits per heavy atom. The molecule has 1 N–H and O–H groups in total. The van der Waals surface area contributed by atoms with E-state index >= 15 is 0 Å².